The topological polar surface area (TPSA) is 88.8 Å². The molecule has 0 bridgehead atoms. The van der Waals surface area contributed by atoms with E-state index >= 15 is 0 Å². The van der Waals surface area contributed by atoms with E-state index in [2.05, 4.69) is 31.0 Å². The molecule has 2 fully saturated rings. The third-order valence-electron chi connectivity index (χ3n) is 6.67. The molecule has 2 N–H and O–H groups in total. The summed E-state index contributed by atoms with van der Waals surface area (Å²) in [6, 6.07) is 9.94. The van der Waals surface area contributed by atoms with Gasteiger partial charge in [-0.25, -0.2) is 4.98 Å². The fraction of sp³-hybridized carbons (Fsp3) is 0.480. The average molecular weight is 437 g/mol. The summed E-state index contributed by atoms with van der Waals surface area (Å²) in [7, 11) is 0. The Hall–Kier alpha value is -2.93. The van der Waals surface area contributed by atoms with Gasteiger partial charge in [0.1, 0.15) is 5.82 Å². The molecule has 0 saturated carbocycles. The van der Waals surface area contributed by atoms with Gasteiger partial charge in [0, 0.05) is 37.8 Å². The Morgan fingerprint density at radius 3 is 2.38 bits per heavy atom. The van der Waals surface area contributed by atoms with Gasteiger partial charge < -0.3 is 20.3 Å². The number of carbonyl (C=O) groups excluding carboxylic acids is 2. The van der Waals surface area contributed by atoms with Gasteiger partial charge in [0.25, 0.3) is 5.91 Å². The predicted molar refractivity (Wildman–Crippen MR) is 124 cm³/mol. The van der Waals surface area contributed by atoms with Gasteiger partial charge in [-0.2, -0.15) is 0 Å². The van der Waals surface area contributed by atoms with E-state index < -0.39 is 0 Å². The van der Waals surface area contributed by atoms with Crippen LogP contribution in [0.15, 0.2) is 30.3 Å². The Labute approximate surface area is 189 Å². The van der Waals surface area contributed by atoms with Crippen molar-refractivity contribution in [3.8, 4) is 0 Å². The molecule has 0 unspecified atom stereocenters. The van der Waals surface area contributed by atoms with E-state index in [1.807, 2.05) is 17.0 Å². The number of piperidine rings is 1. The van der Waals surface area contributed by atoms with Gasteiger partial charge in [0.05, 0.1) is 25.2 Å². The Balaban J connectivity index is 1.34. The van der Waals surface area contributed by atoms with Crippen LogP contribution in [0.3, 0.4) is 0 Å². The normalized spacial score (nSPS) is 17.4. The lowest BCUT2D eigenvalue weighted by Crippen LogP contribution is -2.41. The monoisotopic (exact) mass is 436 g/mol. The molecular formula is C25H32N4O3. The van der Waals surface area contributed by atoms with Gasteiger partial charge >= 0.3 is 0 Å². The molecule has 170 valence electrons. The number of benzene rings is 1. The number of nitrogens with two attached hydrogens (primary N) is 1. The van der Waals surface area contributed by atoms with Crippen molar-refractivity contribution in [2.75, 3.05) is 45.1 Å². The average Bonchev–Trinajstić information content (AvgIpc) is 2.81. The number of hydrogen-bond acceptors (Lipinski definition) is 5. The van der Waals surface area contributed by atoms with Crippen LogP contribution < -0.4 is 5.73 Å². The second-order valence-corrected chi connectivity index (χ2v) is 8.82. The van der Waals surface area contributed by atoms with Crippen molar-refractivity contribution >= 4 is 17.6 Å². The van der Waals surface area contributed by atoms with Gasteiger partial charge in [-0.05, 0) is 55.5 Å². The van der Waals surface area contributed by atoms with Crippen molar-refractivity contribution in [3.63, 3.8) is 0 Å². The van der Waals surface area contributed by atoms with Gasteiger partial charge in [-0.15, -0.1) is 0 Å². The fourth-order valence-corrected chi connectivity index (χ4v) is 4.46. The van der Waals surface area contributed by atoms with Crippen LogP contribution in [-0.4, -0.2) is 66.0 Å². The van der Waals surface area contributed by atoms with Crippen LogP contribution in [0.1, 0.15) is 51.5 Å². The minimum atomic E-state index is -0.0865. The van der Waals surface area contributed by atoms with Crippen molar-refractivity contribution in [2.24, 2.45) is 0 Å². The molecule has 4 rings (SSSR count). The summed E-state index contributed by atoms with van der Waals surface area (Å²) in [5.41, 5.74) is 11.0. The maximum atomic E-state index is 12.8. The van der Waals surface area contributed by atoms with Crippen LogP contribution >= 0.6 is 0 Å². The van der Waals surface area contributed by atoms with E-state index in [9.17, 15) is 9.59 Å². The van der Waals surface area contributed by atoms with Crippen LogP contribution in [0.4, 0.5) is 5.82 Å². The first-order valence-corrected chi connectivity index (χ1v) is 11.4. The summed E-state index contributed by atoms with van der Waals surface area (Å²) in [4.78, 5) is 33.8. The van der Waals surface area contributed by atoms with Gasteiger partial charge in [0.15, 0.2) is 0 Å². The maximum absolute atomic E-state index is 12.8. The number of carbonyl (C=O) groups is 2. The Bertz CT molecular complexity index is 993. The van der Waals surface area contributed by atoms with E-state index in [0.717, 1.165) is 24.1 Å². The predicted octanol–water partition coefficient (Wildman–Crippen LogP) is 2.70. The highest BCUT2D eigenvalue weighted by Gasteiger charge is 2.26. The smallest absolute Gasteiger partial charge is 0.257 e. The molecule has 2 aliphatic rings. The summed E-state index contributed by atoms with van der Waals surface area (Å²) >= 11 is 0. The molecule has 2 amide bonds. The second kappa shape index (κ2) is 9.69. The summed E-state index contributed by atoms with van der Waals surface area (Å²) in [5.74, 6) is 0.616. The minimum Gasteiger partial charge on any atom is -0.383 e. The zero-order chi connectivity index (χ0) is 22.7. The maximum Gasteiger partial charge on any atom is 0.257 e. The van der Waals surface area contributed by atoms with Crippen LogP contribution in [-0.2, 0) is 16.0 Å². The number of anilines is 1. The lowest BCUT2D eigenvalue weighted by Gasteiger charge is -2.32. The molecule has 0 radical (unpaired) electrons. The van der Waals surface area contributed by atoms with E-state index in [-0.39, 0.29) is 23.6 Å². The summed E-state index contributed by atoms with van der Waals surface area (Å²) in [5, 5.41) is 0. The first-order valence-electron chi connectivity index (χ1n) is 11.4. The first-order chi connectivity index (χ1) is 15.4. The number of pyridine rings is 1. The number of ether oxygens (including phenoxy) is 1. The van der Waals surface area contributed by atoms with Crippen LogP contribution in [0.25, 0.3) is 0 Å². The lowest BCUT2D eigenvalue weighted by molar-refractivity contribution is -0.131. The SMILES string of the molecule is Cc1ccc(CC(=O)N2CCC(c3ccc(C(=O)N4CCOCC4)c(N)n3)CC2)cc1C. The molecule has 32 heavy (non-hydrogen) atoms. The fourth-order valence-electron chi connectivity index (χ4n) is 4.46. The first kappa shape index (κ1) is 22.3. The van der Waals surface area contributed by atoms with Crippen molar-refractivity contribution in [1.29, 1.82) is 0 Å². The van der Waals surface area contributed by atoms with E-state index in [1.54, 1.807) is 11.0 Å². The van der Waals surface area contributed by atoms with Gasteiger partial charge in [-0.3, -0.25) is 9.59 Å². The third kappa shape index (κ3) is 4.93. The Morgan fingerprint density at radius 1 is 1.00 bits per heavy atom. The summed E-state index contributed by atoms with van der Waals surface area (Å²) < 4.78 is 5.31. The minimum absolute atomic E-state index is 0.0865. The number of hydrogen-bond donors (Lipinski definition) is 1. The standard InChI is InChI=1S/C25H32N4O3/c1-17-3-4-19(15-18(17)2)16-23(30)28-9-7-20(8-10-28)22-6-5-21(24(26)27-22)25(31)29-11-13-32-14-12-29/h3-6,15,20H,7-14,16H2,1-2H3,(H2,26,27). The number of rotatable bonds is 4. The highest BCUT2D eigenvalue weighted by molar-refractivity contribution is 5.98. The highest BCUT2D eigenvalue weighted by atomic mass is 16.5. The van der Waals surface area contributed by atoms with Crippen LogP contribution in [0.5, 0.6) is 0 Å². The molecule has 0 spiro atoms. The molecule has 2 saturated heterocycles. The zero-order valence-corrected chi connectivity index (χ0v) is 19.0. The quantitative estimate of drug-likeness (QED) is 0.796. The molecule has 7 heteroatoms. The summed E-state index contributed by atoms with van der Waals surface area (Å²) in [6.07, 6.45) is 2.14. The molecule has 1 aromatic carbocycles. The highest BCUT2D eigenvalue weighted by Crippen LogP contribution is 2.29. The van der Waals surface area contributed by atoms with Crippen molar-refractivity contribution in [1.82, 2.24) is 14.8 Å². The molecule has 1 aromatic heterocycles. The summed E-state index contributed by atoms with van der Waals surface area (Å²) in [6.45, 7) is 7.85. The Kier molecular flexibility index (Phi) is 6.74. The van der Waals surface area contributed by atoms with Crippen molar-refractivity contribution in [2.45, 2.75) is 39.0 Å². The Morgan fingerprint density at radius 2 is 1.72 bits per heavy atom. The molecular weight excluding hydrogens is 404 g/mol. The van der Waals surface area contributed by atoms with Crippen molar-refractivity contribution in [3.05, 3.63) is 58.3 Å². The molecule has 2 aromatic rings. The molecule has 2 aliphatic heterocycles. The van der Waals surface area contributed by atoms with Crippen molar-refractivity contribution < 1.29 is 14.3 Å². The molecule has 3 heterocycles. The number of amides is 2. The van der Waals surface area contributed by atoms with E-state index in [4.69, 9.17) is 10.5 Å². The van der Waals surface area contributed by atoms with Gasteiger partial charge in [-0.1, -0.05) is 18.2 Å². The number of aromatic nitrogens is 1. The van der Waals surface area contributed by atoms with E-state index in [0.29, 0.717) is 51.4 Å². The molecule has 0 aliphatic carbocycles. The number of likely N-dealkylation sites (tertiary alicyclic amines) is 1. The largest absolute Gasteiger partial charge is 0.383 e. The second-order valence-electron chi connectivity index (χ2n) is 8.82. The van der Waals surface area contributed by atoms with Gasteiger partial charge in [0.2, 0.25) is 5.91 Å². The number of aryl methyl sites for hydroxylation is 2. The molecule has 0 atom stereocenters. The zero-order valence-electron chi connectivity index (χ0n) is 19.0. The number of morpholine rings is 1. The van der Waals surface area contributed by atoms with E-state index in [1.165, 1.54) is 11.1 Å². The van der Waals surface area contributed by atoms with Crippen LogP contribution in [0, 0.1) is 13.8 Å². The molecule has 7 nitrogen and oxygen atoms in total. The lowest BCUT2D eigenvalue weighted by atomic mass is 9.92. The van der Waals surface area contributed by atoms with Crippen LogP contribution in [0.2, 0.25) is 0 Å². The third-order valence-corrected chi connectivity index (χ3v) is 6.67. The number of nitrogens with zero attached hydrogens (tertiary/aromatic N) is 3. The number of nitrogen functional groups attached to an aromatic ring is 1.